The van der Waals surface area contributed by atoms with E-state index < -0.39 is 5.56 Å². The van der Waals surface area contributed by atoms with Crippen LogP contribution in [0.4, 0.5) is 0 Å². The van der Waals surface area contributed by atoms with Crippen LogP contribution in [0.1, 0.15) is 65.2 Å². The summed E-state index contributed by atoms with van der Waals surface area (Å²) in [5.41, 5.74) is -0.500. The van der Waals surface area contributed by atoms with Crippen LogP contribution in [0, 0.1) is 0 Å². The molecule has 1 atom stereocenters. The molecule has 3 heteroatoms. The van der Waals surface area contributed by atoms with Gasteiger partial charge in [0.15, 0.2) is 5.56 Å². The average molecular weight is 365 g/mol. The van der Waals surface area contributed by atoms with Crippen molar-refractivity contribution in [1.29, 1.82) is 0 Å². The number of rotatable bonds is 14. The van der Waals surface area contributed by atoms with E-state index >= 15 is 0 Å². The van der Waals surface area contributed by atoms with Crippen molar-refractivity contribution >= 4 is 17.6 Å². The van der Waals surface area contributed by atoms with Crippen LogP contribution in [-0.2, 0) is 9.53 Å². The van der Waals surface area contributed by atoms with Gasteiger partial charge in [-0.15, -0.1) is 0 Å². The van der Waals surface area contributed by atoms with Gasteiger partial charge in [0.1, 0.15) is 0 Å². The lowest BCUT2D eigenvalue weighted by molar-refractivity contribution is -0.142. The number of ether oxygens (including phenoxy) is 1. The first kappa shape index (κ1) is 23.5. The van der Waals surface area contributed by atoms with Crippen LogP contribution in [-0.4, -0.2) is 11.5 Å². The third-order valence-corrected chi connectivity index (χ3v) is 3.56. The maximum absolute atomic E-state index is 10.7. The van der Waals surface area contributed by atoms with Crippen molar-refractivity contribution in [2.75, 3.05) is 0 Å². The average Bonchev–Trinajstić information content (AvgIpc) is 2.57. The molecule has 25 heavy (non-hydrogen) atoms. The first-order chi connectivity index (χ1) is 12.2. The molecule has 0 N–H and O–H groups in total. The Morgan fingerprint density at radius 3 is 1.72 bits per heavy atom. The summed E-state index contributed by atoms with van der Waals surface area (Å²) in [5, 5.41) is 0. The van der Waals surface area contributed by atoms with Crippen molar-refractivity contribution in [1.82, 2.24) is 0 Å². The minimum atomic E-state index is -0.500. The molecule has 0 radical (unpaired) electrons. The number of carbonyl (C=O) groups is 1. The molecule has 0 spiro atoms. The van der Waals surface area contributed by atoms with E-state index in [9.17, 15) is 4.79 Å². The Kier molecular flexibility index (Phi) is 17.6. The fourth-order valence-corrected chi connectivity index (χ4v) is 2.28. The van der Waals surface area contributed by atoms with E-state index in [1.807, 2.05) is 0 Å². The van der Waals surface area contributed by atoms with E-state index in [2.05, 4.69) is 67.7 Å². The molecule has 2 nitrogen and oxygen atoms in total. The zero-order chi connectivity index (χ0) is 18.6. The summed E-state index contributed by atoms with van der Waals surface area (Å²) < 4.78 is 4.86. The Morgan fingerprint density at radius 1 is 0.840 bits per heavy atom. The minimum Gasteiger partial charge on any atom is -0.446 e. The third kappa shape index (κ3) is 20.4. The number of alkyl halides is 1. The van der Waals surface area contributed by atoms with Crippen molar-refractivity contribution in [3.63, 3.8) is 0 Å². The van der Waals surface area contributed by atoms with Gasteiger partial charge in [-0.1, -0.05) is 79.3 Å². The molecule has 0 aromatic rings. The zero-order valence-corrected chi connectivity index (χ0v) is 16.5. The molecule has 0 aliphatic heterocycles. The second-order valence-corrected chi connectivity index (χ2v) is 6.15. The summed E-state index contributed by atoms with van der Waals surface area (Å²) in [6.07, 6.45) is 29.5. The number of esters is 1. The lowest BCUT2D eigenvalue weighted by atomic mass is 10.2. The van der Waals surface area contributed by atoms with Gasteiger partial charge in [0.2, 0.25) is 0 Å². The van der Waals surface area contributed by atoms with E-state index in [0.717, 1.165) is 44.9 Å². The Hall–Kier alpha value is -1.54. The van der Waals surface area contributed by atoms with Crippen LogP contribution in [0.25, 0.3) is 0 Å². The molecule has 0 saturated heterocycles. The summed E-state index contributed by atoms with van der Waals surface area (Å²) in [5.74, 6) is -0.324. The summed E-state index contributed by atoms with van der Waals surface area (Å²) >= 11 is 5.85. The molecule has 0 aliphatic carbocycles. The highest BCUT2D eigenvalue weighted by atomic mass is 35.5. The highest BCUT2D eigenvalue weighted by Gasteiger charge is 2.05. The second kappa shape index (κ2) is 18.8. The molecule has 0 rings (SSSR count). The smallest absolute Gasteiger partial charge is 0.304 e. The van der Waals surface area contributed by atoms with Crippen LogP contribution < -0.4 is 0 Å². The van der Waals surface area contributed by atoms with Crippen LogP contribution in [0.2, 0.25) is 0 Å². The second-order valence-electron chi connectivity index (χ2n) is 5.66. The first-order valence-corrected chi connectivity index (χ1v) is 9.66. The SMILES string of the molecule is CC/C=C/C/C=C/C/C=C/C/C=C/C/C=C/CCCC(Cl)OC(C)=O. The van der Waals surface area contributed by atoms with Crippen molar-refractivity contribution in [2.45, 2.75) is 70.8 Å². The van der Waals surface area contributed by atoms with Crippen molar-refractivity contribution in [3.8, 4) is 0 Å². The van der Waals surface area contributed by atoms with Crippen molar-refractivity contribution < 1.29 is 9.53 Å². The molecule has 0 bridgehead atoms. The van der Waals surface area contributed by atoms with Gasteiger partial charge in [0.25, 0.3) is 0 Å². The molecule has 0 heterocycles. The predicted octanol–water partition coefficient (Wildman–Crippen LogP) is 7.04. The van der Waals surface area contributed by atoms with Gasteiger partial charge in [0, 0.05) is 6.92 Å². The quantitative estimate of drug-likeness (QED) is 0.143. The predicted molar refractivity (Wildman–Crippen MR) is 110 cm³/mol. The summed E-state index contributed by atoms with van der Waals surface area (Å²) in [6.45, 7) is 3.52. The molecule has 0 saturated carbocycles. The number of halogens is 1. The van der Waals surface area contributed by atoms with Gasteiger partial charge < -0.3 is 4.74 Å². The summed E-state index contributed by atoms with van der Waals surface area (Å²) in [6, 6.07) is 0. The fourth-order valence-electron chi connectivity index (χ4n) is 2.00. The highest BCUT2D eigenvalue weighted by molar-refractivity contribution is 6.20. The Balaban J connectivity index is 3.51. The van der Waals surface area contributed by atoms with Gasteiger partial charge in [-0.3, -0.25) is 4.79 Å². The maximum atomic E-state index is 10.7. The number of hydrogen-bond donors (Lipinski definition) is 0. The van der Waals surface area contributed by atoms with Crippen molar-refractivity contribution in [2.24, 2.45) is 0 Å². The standard InChI is InChI=1S/C22H33ClO2/c1-3-4-5-6-7-8-9-10-11-12-13-14-15-16-17-18-19-20-22(23)25-21(2)24/h4-5,7-8,10-11,13-14,16-17,22H,3,6,9,12,15,18-20H2,1-2H3/b5-4+,8-7+,11-10+,14-13+,17-16+. The van der Waals surface area contributed by atoms with Crippen LogP contribution in [0.3, 0.4) is 0 Å². The minimum absolute atomic E-state index is 0.324. The maximum Gasteiger partial charge on any atom is 0.304 e. The highest BCUT2D eigenvalue weighted by Crippen LogP contribution is 2.09. The molecular formula is C22H33ClO2. The molecule has 0 amide bonds. The number of allylic oxidation sites excluding steroid dienone is 10. The van der Waals surface area contributed by atoms with Crippen LogP contribution in [0.15, 0.2) is 60.8 Å². The summed E-state index contributed by atoms with van der Waals surface area (Å²) in [4.78, 5) is 10.7. The van der Waals surface area contributed by atoms with E-state index in [4.69, 9.17) is 16.3 Å². The first-order valence-electron chi connectivity index (χ1n) is 9.23. The van der Waals surface area contributed by atoms with Gasteiger partial charge in [0.05, 0.1) is 0 Å². The van der Waals surface area contributed by atoms with E-state index in [0.29, 0.717) is 6.42 Å². The molecule has 0 fully saturated rings. The van der Waals surface area contributed by atoms with Crippen LogP contribution >= 0.6 is 11.6 Å². The molecular weight excluding hydrogens is 332 g/mol. The van der Waals surface area contributed by atoms with E-state index in [1.165, 1.54) is 6.92 Å². The topological polar surface area (TPSA) is 26.3 Å². The van der Waals surface area contributed by atoms with E-state index in [1.54, 1.807) is 0 Å². The van der Waals surface area contributed by atoms with Gasteiger partial charge >= 0.3 is 5.97 Å². The normalized spacial score (nSPS) is 13.9. The molecule has 0 aromatic carbocycles. The molecule has 0 aliphatic rings. The lowest BCUT2D eigenvalue weighted by Crippen LogP contribution is -2.08. The Morgan fingerprint density at radius 2 is 1.28 bits per heavy atom. The van der Waals surface area contributed by atoms with Crippen molar-refractivity contribution in [3.05, 3.63) is 60.8 Å². The molecule has 0 aromatic heterocycles. The van der Waals surface area contributed by atoms with Gasteiger partial charge in [-0.25, -0.2) is 0 Å². The summed E-state index contributed by atoms with van der Waals surface area (Å²) in [7, 11) is 0. The van der Waals surface area contributed by atoms with Crippen LogP contribution in [0.5, 0.6) is 0 Å². The monoisotopic (exact) mass is 364 g/mol. The fraction of sp³-hybridized carbons (Fsp3) is 0.500. The largest absolute Gasteiger partial charge is 0.446 e. The number of hydrogen-bond acceptors (Lipinski definition) is 2. The van der Waals surface area contributed by atoms with E-state index in [-0.39, 0.29) is 5.97 Å². The zero-order valence-electron chi connectivity index (χ0n) is 15.7. The van der Waals surface area contributed by atoms with Gasteiger partial charge in [-0.05, 0) is 51.4 Å². The number of unbranched alkanes of at least 4 members (excludes halogenated alkanes) is 1. The molecule has 140 valence electrons. The Labute approximate surface area is 159 Å². The van der Waals surface area contributed by atoms with Gasteiger partial charge in [-0.2, -0.15) is 0 Å². The molecule has 1 unspecified atom stereocenters. The number of carbonyl (C=O) groups excluding carboxylic acids is 1. The Bertz CT molecular complexity index is 459. The lowest BCUT2D eigenvalue weighted by Gasteiger charge is -2.07. The third-order valence-electron chi connectivity index (χ3n) is 3.25.